The maximum atomic E-state index is 5.36. The fourth-order valence-electron chi connectivity index (χ4n) is 0.382. The summed E-state index contributed by atoms with van der Waals surface area (Å²) in [6, 6.07) is 0. The van der Waals surface area contributed by atoms with Gasteiger partial charge in [0.1, 0.15) is 0 Å². The molecule has 0 amide bonds. The van der Waals surface area contributed by atoms with Gasteiger partial charge in [-0.1, -0.05) is 0 Å². The molecule has 0 atom stereocenters. The molecule has 1 rings (SSSR count). The summed E-state index contributed by atoms with van der Waals surface area (Å²) in [5.74, 6) is 0.218. The number of rotatable bonds is 0. The van der Waals surface area contributed by atoms with E-state index in [1.54, 1.807) is 0 Å². The highest BCUT2D eigenvalue weighted by Gasteiger charge is 1.95. The monoisotopic (exact) mass is 216 g/mol. The maximum Gasteiger partial charge on any atom is 0.224 e. The van der Waals surface area contributed by atoms with E-state index in [2.05, 4.69) is 9.97 Å². The van der Waals surface area contributed by atoms with Crippen LogP contribution in [0.3, 0.4) is 0 Å². The lowest BCUT2D eigenvalue weighted by molar-refractivity contribution is 1.18. The van der Waals surface area contributed by atoms with Crippen LogP contribution in [0.4, 0.5) is 11.5 Å². The third kappa shape index (κ3) is 3.46. The summed E-state index contributed by atoms with van der Waals surface area (Å²) < 4.78 is 0. The molecular formula is C4H7Cl3N4. The molecule has 11 heavy (non-hydrogen) atoms. The second kappa shape index (κ2) is 5.23. The lowest BCUT2D eigenvalue weighted by Gasteiger charge is -1.94. The number of halogens is 3. The topological polar surface area (TPSA) is 77.8 Å². The summed E-state index contributed by atoms with van der Waals surface area (Å²) in [7, 11) is 0. The van der Waals surface area contributed by atoms with Crippen molar-refractivity contribution in [2.24, 2.45) is 0 Å². The second-order valence-electron chi connectivity index (χ2n) is 1.48. The first kappa shape index (κ1) is 13.2. The maximum absolute atomic E-state index is 5.36. The lowest BCUT2D eigenvalue weighted by atomic mass is 10.5. The number of anilines is 2. The smallest absolute Gasteiger partial charge is 0.224 e. The van der Waals surface area contributed by atoms with Crippen LogP contribution in [0, 0.1) is 0 Å². The van der Waals surface area contributed by atoms with E-state index in [1.807, 2.05) is 0 Å². The first-order chi connectivity index (χ1) is 4.20. The third-order valence-electron chi connectivity index (χ3n) is 0.819. The Hall–Kier alpha value is -0.450. The highest BCUT2D eigenvalue weighted by molar-refractivity contribution is 6.28. The molecule has 4 N–H and O–H groups in total. The quantitative estimate of drug-likeness (QED) is 0.639. The van der Waals surface area contributed by atoms with E-state index in [4.69, 9.17) is 23.1 Å². The van der Waals surface area contributed by atoms with E-state index in [0.29, 0.717) is 5.69 Å². The molecule has 4 nitrogen and oxygen atoms in total. The van der Waals surface area contributed by atoms with Crippen molar-refractivity contribution in [1.82, 2.24) is 9.97 Å². The Kier molecular flexibility index (Phi) is 6.26. The summed E-state index contributed by atoms with van der Waals surface area (Å²) >= 11 is 5.36. The van der Waals surface area contributed by atoms with E-state index < -0.39 is 0 Å². The molecule has 0 aliphatic heterocycles. The highest BCUT2D eigenvalue weighted by Crippen LogP contribution is 2.10. The molecule has 0 radical (unpaired) electrons. The first-order valence-electron chi connectivity index (χ1n) is 2.23. The Morgan fingerprint density at radius 3 is 2.18 bits per heavy atom. The van der Waals surface area contributed by atoms with Crippen LogP contribution in [0.1, 0.15) is 0 Å². The van der Waals surface area contributed by atoms with Gasteiger partial charge < -0.3 is 11.5 Å². The van der Waals surface area contributed by atoms with E-state index in [9.17, 15) is 0 Å². The van der Waals surface area contributed by atoms with Crippen molar-refractivity contribution in [3.8, 4) is 0 Å². The van der Waals surface area contributed by atoms with Crippen molar-refractivity contribution in [2.75, 3.05) is 11.5 Å². The molecule has 7 heteroatoms. The van der Waals surface area contributed by atoms with Crippen LogP contribution in [-0.2, 0) is 0 Å². The fourth-order valence-corrected chi connectivity index (χ4v) is 0.522. The van der Waals surface area contributed by atoms with Gasteiger partial charge in [0.05, 0.1) is 11.9 Å². The Bertz CT molecular complexity index is 229. The van der Waals surface area contributed by atoms with Crippen LogP contribution in [0.2, 0.25) is 5.28 Å². The van der Waals surface area contributed by atoms with Crippen LogP contribution >= 0.6 is 36.4 Å². The van der Waals surface area contributed by atoms with E-state index in [1.165, 1.54) is 6.20 Å². The molecule has 1 aromatic heterocycles. The van der Waals surface area contributed by atoms with Crippen LogP contribution in [0.25, 0.3) is 0 Å². The number of nitrogens with two attached hydrogens (primary N) is 2. The van der Waals surface area contributed by atoms with Gasteiger partial charge in [0.25, 0.3) is 0 Å². The molecule has 64 valence electrons. The third-order valence-corrected chi connectivity index (χ3v) is 1.00. The predicted octanol–water partition coefficient (Wildman–Crippen LogP) is 1.14. The highest BCUT2D eigenvalue weighted by atomic mass is 35.5. The molecule has 0 fully saturated rings. The SMILES string of the molecule is Cl.Cl.Nc1cnc(Cl)nc1N. The molecule has 0 aromatic carbocycles. The van der Waals surface area contributed by atoms with Crippen LogP contribution in [0.15, 0.2) is 6.20 Å². The normalized spacial score (nSPS) is 7.73. The molecular weight excluding hydrogens is 210 g/mol. The molecule has 0 unspecified atom stereocenters. The first-order valence-corrected chi connectivity index (χ1v) is 2.61. The van der Waals surface area contributed by atoms with Crippen molar-refractivity contribution in [3.05, 3.63) is 11.5 Å². The number of hydrogen-bond acceptors (Lipinski definition) is 4. The molecule has 0 aliphatic rings. The average molecular weight is 217 g/mol. The van der Waals surface area contributed by atoms with Crippen LogP contribution in [0.5, 0.6) is 0 Å². The van der Waals surface area contributed by atoms with Gasteiger partial charge in [0.15, 0.2) is 5.82 Å². The van der Waals surface area contributed by atoms with Gasteiger partial charge in [-0.15, -0.1) is 24.8 Å². The van der Waals surface area contributed by atoms with Gasteiger partial charge in [-0.25, -0.2) is 4.98 Å². The molecule has 0 aliphatic carbocycles. The Labute approximate surface area is 81.2 Å². The molecule has 0 saturated heterocycles. The molecule has 0 saturated carbocycles. The van der Waals surface area contributed by atoms with Crippen LogP contribution in [-0.4, -0.2) is 9.97 Å². The predicted molar refractivity (Wildman–Crippen MR) is 50.4 cm³/mol. The zero-order chi connectivity index (χ0) is 6.85. The van der Waals surface area contributed by atoms with Gasteiger partial charge in [-0.05, 0) is 11.6 Å². The minimum atomic E-state index is 0. The average Bonchev–Trinajstić information content (AvgIpc) is 1.80. The summed E-state index contributed by atoms with van der Waals surface area (Å²) in [4.78, 5) is 7.17. The minimum Gasteiger partial charge on any atom is -0.394 e. The standard InChI is InChI=1S/C4H5ClN4.2ClH/c5-4-8-1-2(6)3(7)9-4;;/h1H,6H2,(H2,7,8,9);2*1H. The molecule has 1 heterocycles. The van der Waals surface area contributed by atoms with E-state index in [-0.39, 0.29) is 35.9 Å². The van der Waals surface area contributed by atoms with Crippen molar-refractivity contribution >= 4 is 47.9 Å². The summed E-state index contributed by atoms with van der Waals surface area (Å²) in [5, 5.41) is 0.113. The van der Waals surface area contributed by atoms with E-state index in [0.717, 1.165) is 0 Å². The minimum absolute atomic E-state index is 0. The van der Waals surface area contributed by atoms with Crippen LogP contribution < -0.4 is 11.5 Å². The largest absolute Gasteiger partial charge is 0.394 e. The number of nitrogen functional groups attached to an aromatic ring is 2. The Morgan fingerprint density at radius 1 is 1.27 bits per heavy atom. The lowest BCUT2D eigenvalue weighted by Crippen LogP contribution is -1.98. The number of nitrogens with zero attached hydrogens (tertiary/aromatic N) is 2. The summed E-state index contributed by atoms with van der Waals surface area (Å²) in [5.41, 5.74) is 10.9. The van der Waals surface area contributed by atoms with Crippen molar-refractivity contribution in [3.63, 3.8) is 0 Å². The summed E-state index contributed by atoms with van der Waals surface area (Å²) in [6.07, 6.45) is 1.37. The van der Waals surface area contributed by atoms with Gasteiger partial charge in [0.2, 0.25) is 5.28 Å². The Morgan fingerprint density at radius 2 is 1.82 bits per heavy atom. The van der Waals surface area contributed by atoms with E-state index >= 15 is 0 Å². The fraction of sp³-hybridized carbons (Fsp3) is 0. The molecule has 0 bridgehead atoms. The zero-order valence-electron chi connectivity index (χ0n) is 5.32. The molecule has 0 spiro atoms. The van der Waals surface area contributed by atoms with Gasteiger partial charge in [0, 0.05) is 0 Å². The number of aromatic nitrogens is 2. The number of hydrogen-bond donors (Lipinski definition) is 2. The van der Waals surface area contributed by atoms with Crippen molar-refractivity contribution in [2.45, 2.75) is 0 Å². The molecule has 1 aromatic rings. The Balaban J connectivity index is 0. The summed E-state index contributed by atoms with van der Waals surface area (Å²) in [6.45, 7) is 0. The zero-order valence-corrected chi connectivity index (χ0v) is 7.71. The second-order valence-corrected chi connectivity index (χ2v) is 1.82. The van der Waals surface area contributed by atoms with Gasteiger partial charge >= 0.3 is 0 Å². The van der Waals surface area contributed by atoms with Crippen molar-refractivity contribution < 1.29 is 0 Å². The van der Waals surface area contributed by atoms with Gasteiger partial charge in [-0.2, -0.15) is 4.98 Å². The van der Waals surface area contributed by atoms with Crippen molar-refractivity contribution in [1.29, 1.82) is 0 Å². The van der Waals surface area contributed by atoms with Gasteiger partial charge in [-0.3, -0.25) is 0 Å².